The Morgan fingerprint density at radius 3 is 2.50 bits per heavy atom. The van der Waals surface area contributed by atoms with Crippen LogP contribution in [-0.4, -0.2) is 24.9 Å². The highest BCUT2D eigenvalue weighted by atomic mass is 16.2. The fourth-order valence-electron chi connectivity index (χ4n) is 0.597. The van der Waals surface area contributed by atoms with E-state index in [1.165, 1.54) is 0 Å². The molecule has 1 amide bonds. The lowest BCUT2D eigenvalue weighted by molar-refractivity contribution is -0.128. The Morgan fingerprint density at radius 1 is 1.50 bits per heavy atom. The van der Waals surface area contributed by atoms with Crippen LogP contribution in [-0.2, 0) is 4.79 Å². The van der Waals surface area contributed by atoms with Crippen molar-refractivity contribution in [2.24, 2.45) is 0 Å². The predicted octanol–water partition coefficient (Wildman–Crippen LogP) is 1.43. The number of hydrogen-bond donors (Lipinski definition) is 0. The van der Waals surface area contributed by atoms with E-state index in [-0.39, 0.29) is 5.91 Å². The van der Waals surface area contributed by atoms with Crippen LogP contribution in [0.2, 0.25) is 0 Å². The largest absolute Gasteiger partial charge is 0.349 e. The van der Waals surface area contributed by atoms with Crippen molar-refractivity contribution in [2.75, 3.05) is 14.1 Å². The molecule has 0 aromatic rings. The molecule has 0 aliphatic heterocycles. The summed E-state index contributed by atoms with van der Waals surface area (Å²) in [5, 5.41) is 0. The minimum Gasteiger partial charge on any atom is -0.349 e. The standard InChI is InChI=1S/C8H15NO/c1-4-5-6-7-8(10)9(2)3/h4-5H,6-7H2,1-3H3/b5-4+. The lowest BCUT2D eigenvalue weighted by Gasteiger charge is -2.07. The summed E-state index contributed by atoms with van der Waals surface area (Å²) in [6.45, 7) is 1.96. The van der Waals surface area contributed by atoms with E-state index < -0.39 is 0 Å². The highest BCUT2D eigenvalue weighted by molar-refractivity contribution is 5.75. The summed E-state index contributed by atoms with van der Waals surface area (Å²) < 4.78 is 0. The van der Waals surface area contributed by atoms with Gasteiger partial charge >= 0.3 is 0 Å². The van der Waals surface area contributed by atoms with Gasteiger partial charge in [0.05, 0.1) is 0 Å². The molecule has 0 aliphatic rings. The summed E-state index contributed by atoms with van der Waals surface area (Å²) in [6.07, 6.45) is 5.44. The molecule has 0 N–H and O–H groups in total. The zero-order valence-corrected chi connectivity index (χ0v) is 6.92. The third kappa shape index (κ3) is 4.13. The van der Waals surface area contributed by atoms with E-state index >= 15 is 0 Å². The van der Waals surface area contributed by atoms with Crippen LogP contribution in [0.3, 0.4) is 0 Å². The SMILES string of the molecule is C/C=C/CCC(=O)N(C)C. The van der Waals surface area contributed by atoms with E-state index in [0.717, 1.165) is 6.42 Å². The fraction of sp³-hybridized carbons (Fsp3) is 0.625. The molecule has 0 unspecified atom stereocenters. The summed E-state index contributed by atoms with van der Waals surface area (Å²) in [7, 11) is 3.55. The van der Waals surface area contributed by atoms with Gasteiger partial charge in [0.1, 0.15) is 0 Å². The van der Waals surface area contributed by atoms with Gasteiger partial charge in [0, 0.05) is 20.5 Å². The van der Waals surface area contributed by atoms with E-state index in [9.17, 15) is 4.79 Å². The van der Waals surface area contributed by atoms with Gasteiger partial charge in [0.2, 0.25) is 5.91 Å². The average Bonchev–Trinajstić information content (AvgIpc) is 1.88. The van der Waals surface area contributed by atoms with Crippen molar-refractivity contribution >= 4 is 5.91 Å². The van der Waals surface area contributed by atoms with Gasteiger partial charge in [-0.3, -0.25) is 4.79 Å². The Kier molecular flexibility index (Phi) is 4.63. The van der Waals surface area contributed by atoms with Gasteiger partial charge in [0.25, 0.3) is 0 Å². The molecule has 0 aromatic heterocycles. The number of carbonyl (C=O) groups is 1. The number of nitrogens with zero attached hydrogens (tertiary/aromatic N) is 1. The molecule has 0 rings (SSSR count). The van der Waals surface area contributed by atoms with Gasteiger partial charge in [0.15, 0.2) is 0 Å². The average molecular weight is 141 g/mol. The molecule has 0 aromatic carbocycles. The third-order valence-corrected chi connectivity index (χ3v) is 1.26. The van der Waals surface area contributed by atoms with Crippen LogP contribution in [0.25, 0.3) is 0 Å². The first-order valence-corrected chi connectivity index (χ1v) is 3.49. The molecule has 0 saturated carbocycles. The first-order valence-electron chi connectivity index (χ1n) is 3.49. The summed E-state index contributed by atoms with van der Waals surface area (Å²) in [4.78, 5) is 12.5. The lowest BCUT2D eigenvalue weighted by atomic mass is 10.3. The van der Waals surface area contributed by atoms with Crippen LogP contribution < -0.4 is 0 Å². The molecule has 10 heavy (non-hydrogen) atoms. The molecular weight excluding hydrogens is 126 g/mol. The molecule has 2 nitrogen and oxygen atoms in total. The molecule has 0 atom stereocenters. The highest BCUT2D eigenvalue weighted by Crippen LogP contribution is 1.93. The second-order valence-electron chi connectivity index (χ2n) is 2.40. The van der Waals surface area contributed by atoms with Crippen LogP contribution in [0.5, 0.6) is 0 Å². The monoisotopic (exact) mass is 141 g/mol. The summed E-state index contributed by atoms with van der Waals surface area (Å²) in [5.74, 6) is 0.193. The van der Waals surface area contributed by atoms with Crippen LogP contribution in [0, 0.1) is 0 Å². The van der Waals surface area contributed by atoms with Gasteiger partial charge in [-0.15, -0.1) is 0 Å². The number of amides is 1. The van der Waals surface area contributed by atoms with Crippen LogP contribution in [0.4, 0.5) is 0 Å². The minimum absolute atomic E-state index is 0.193. The van der Waals surface area contributed by atoms with Gasteiger partial charge in [-0.05, 0) is 13.3 Å². The van der Waals surface area contributed by atoms with Crippen molar-refractivity contribution in [1.29, 1.82) is 0 Å². The second-order valence-corrected chi connectivity index (χ2v) is 2.40. The summed E-state index contributed by atoms with van der Waals surface area (Å²) in [6, 6.07) is 0. The summed E-state index contributed by atoms with van der Waals surface area (Å²) >= 11 is 0. The van der Waals surface area contributed by atoms with Gasteiger partial charge in [-0.25, -0.2) is 0 Å². The van der Waals surface area contributed by atoms with Crippen molar-refractivity contribution in [3.05, 3.63) is 12.2 Å². The van der Waals surface area contributed by atoms with Gasteiger partial charge < -0.3 is 4.90 Å². The molecule has 0 aliphatic carbocycles. The Bertz CT molecular complexity index is 127. The molecule has 0 fully saturated rings. The molecule has 0 bridgehead atoms. The third-order valence-electron chi connectivity index (χ3n) is 1.26. The molecule has 58 valence electrons. The van der Waals surface area contributed by atoms with Crippen molar-refractivity contribution in [2.45, 2.75) is 19.8 Å². The van der Waals surface area contributed by atoms with E-state index in [0.29, 0.717) is 6.42 Å². The molecule has 2 heteroatoms. The maximum absolute atomic E-state index is 10.9. The number of carbonyl (C=O) groups excluding carboxylic acids is 1. The smallest absolute Gasteiger partial charge is 0.222 e. The number of hydrogen-bond acceptors (Lipinski definition) is 1. The maximum Gasteiger partial charge on any atom is 0.222 e. The number of allylic oxidation sites excluding steroid dienone is 2. The maximum atomic E-state index is 10.9. The molecule has 0 radical (unpaired) electrons. The summed E-state index contributed by atoms with van der Waals surface area (Å²) in [5.41, 5.74) is 0. The van der Waals surface area contributed by atoms with E-state index in [1.54, 1.807) is 19.0 Å². The van der Waals surface area contributed by atoms with Crippen molar-refractivity contribution < 1.29 is 4.79 Å². The van der Waals surface area contributed by atoms with Crippen molar-refractivity contribution in [3.63, 3.8) is 0 Å². The minimum atomic E-state index is 0.193. The first kappa shape index (κ1) is 9.21. The molecule has 0 heterocycles. The molecular formula is C8H15NO. The van der Waals surface area contributed by atoms with Crippen LogP contribution in [0.1, 0.15) is 19.8 Å². The highest BCUT2D eigenvalue weighted by Gasteiger charge is 1.99. The van der Waals surface area contributed by atoms with Crippen molar-refractivity contribution in [1.82, 2.24) is 4.90 Å². The predicted molar refractivity (Wildman–Crippen MR) is 42.7 cm³/mol. The quantitative estimate of drug-likeness (QED) is 0.544. The zero-order valence-electron chi connectivity index (χ0n) is 6.92. The zero-order chi connectivity index (χ0) is 7.98. The van der Waals surface area contributed by atoms with Crippen molar-refractivity contribution in [3.8, 4) is 0 Å². The van der Waals surface area contributed by atoms with Crippen LogP contribution >= 0.6 is 0 Å². The topological polar surface area (TPSA) is 20.3 Å². The van der Waals surface area contributed by atoms with Gasteiger partial charge in [-0.1, -0.05) is 12.2 Å². The van der Waals surface area contributed by atoms with Gasteiger partial charge in [-0.2, -0.15) is 0 Å². The van der Waals surface area contributed by atoms with E-state index in [1.807, 2.05) is 19.1 Å². The fourth-order valence-corrected chi connectivity index (χ4v) is 0.597. The lowest BCUT2D eigenvalue weighted by Crippen LogP contribution is -2.20. The normalized spacial score (nSPS) is 10.3. The second kappa shape index (κ2) is 5.03. The Labute approximate surface area is 62.5 Å². The molecule has 0 saturated heterocycles. The Balaban J connectivity index is 3.40. The van der Waals surface area contributed by atoms with E-state index in [4.69, 9.17) is 0 Å². The first-order chi connectivity index (χ1) is 4.68. The van der Waals surface area contributed by atoms with E-state index in [2.05, 4.69) is 0 Å². The Morgan fingerprint density at radius 2 is 2.10 bits per heavy atom. The number of rotatable bonds is 3. The van der Waals surface area contributed by atoms with Crippen LogP contribution in [0.15, 0.2) is 12.2 Å². The molecule has 0 spiro atoms. The Hall–Kier alpha value is -0.790.